The quantitative estimate of drug-likeness (QED) is 0.270. The second kappa shape index (κ2) is 8.88. The number of hydrogen-bond acceptors (Lipinski definition) is 5. The Balaban J connectivity index is 1.35. The van der Waals surface area contributed by atoms with E-state index in [4.69, 9.17) is 9.39 Å². The average Bonchev–Trinajstić information content (AvgIpc) is 2.97. The van der Waals surface area contributed by atoms with Gasteiger partial charge in [0.1, 0.15) is 17.2 Å². The number of fused-ring (bicyclic) bond motifs is 4. The van der Waals surface area contributed by atoms with Gasteiger partial charge >= 0.3 is 12.9 Å². The van der Waals surface area contributed by atoms with Crippen molar-refractivity contribution < 1.29 is 14.2 Å². The van der Waals surface area contributed by atoms with E-state index in [1.165, 1.54) is 11.1 Å². The number of rotatable bonds is 3. The molecule has 4 aromatic carbocycles. The van der Waals surface area contributed by atoms with Crippen LogP contribution in [-0.4, -0.2) is 17.9 Å². The van der Waals surface area contributed by atoms with E-state index in [0.29, 0.717) is 11.5 Å². The number of para-hydroxylation sites is 3. The van der Waals surface area contributed by atoms with E-state index in [9.17, 15) is 4.79 Å². The molecule has 0 bridgehead atoms. The number of carbonyl (C=O) groups excluding carboxylic acids is 1. The van der Waals surface area contributed by atoms with Crippen LogP contribution in [0, 0.1) is 0 Å². The molecule has 3 heterocycles. The first-order chi connectivity index (χ1) is 19.0. The van der Waals surface area contributed by atoms with Gasteiger partial charge in [0, 0.05) is 34.3 Å². The fourth-order valence-electron chi connectivity index (χ4n) is 5.77. The van der Waals surface area contributed by atoms with Crippen LogP contribution in [0.15, 0.2) is 115 Å². The number of hydrogen-bond donors (Lipinski definition) is 0. The molecule has 1 aromatic heterocycles. The maximum absolute atomic E-state index is 13.0. The summed E-state index contributed by atoms with van der Waals surface area (Å²) in [6.45, 7) is 3.93. The van der Waals surface area contributed by atoms with E-state index in [1.54, 1.807) is 24.4 Å². The van der Waals surface area contributed by atoms with Gasteiger partial charge in [-0.15, -0.1) is 0 Å². The smallest absolute Gasteiger partial charge is 0.437 e. The summed E-state index contributed by atoms with van der Waals surface area (Å²) in [5.74, 6) is 0.847. The predicted octanol–water partition coefficient (Wildman–Crippen LogP) is 6.26. The lowest BCUT2D eigenvalue weighted by Gasteiger charge is -2.42. The van der Waals surface area contributed by atoms with Crippen molar-refractivity contribution in [3.05, 3.63) is 132 Å². The molecular formula is C33H25BN2O3. The van der Waals surface area contributed by atoms with E-state index in [2.05, 4.69) is 78.3 Å². The highest BCUT2D eigenvalue weighted by atomic mass is 16.5. The number of benzene rings is 4. The molecule has 39 heavy (non-hydrogen) atoms. The van der Waals surface area contributed by atoms with Crippen molar-refractivity contribution in [3.63, 3.8) is 0 Å². The molecule has 0 radical (unpaired) electrons. The second-order valence-corrected chi connectivity index (χ2v) is 10.4. The SMILES string of the molecule is CC1(C)c2ccccc2N(c2ccc3c(c2)Oc2ccccc2B3OC(=O)c2ccccn2)c2ccccc21. The first kappa shape index (κ1) is 23.3. The van der Waals surface area contributed by atoms with Gasteiger partial charge in [-0.25, -0.2) is 9.78 Å². The first-order valence-electron chi connectivity index (χ1n) is 13.0. The molecule has 0 atom stereocenters. The highest BCUT2D eigenvalue weighted by molar-refractivity contribution is 6.83. The van der Waals surface area contributed by atoms with Crippen LogP contribution in [-0.2, 0) is 10.1 Å². The lowest BCUT2D eigenvalue weighted by atomic mass is 9.53. The maximum atomic E-state index is 13.0. The van der Waals surface area contributed by atoms with Crippen molar-refractivity contribution >= 4 is 40.9 Å². The number of ether oxygens (including phenoxy) is 1. The Kier molecular flexibility index (Phi) is 5.30. The molecule has 7 rings (SSSR count). The Hall–Kier alpha value is -4.84. The molecule has 188 valence electrons. The summed E-state index contributed by atoms with van der Waals surface area (Å²) in [5.41, 5.74) is 7.48. The lowest BCUT2D eigenvalue weighted by Crippen LogP contribution is -2.50. The van der Waals surface area contributed by atoms with E-state index in [0.717, 1.165) is 28.0 Å². The van der Waals surface area contributed by atoms with Crippen LogP contribution in [0.5, 0.6) is 11.5 Å². The van der Waals surface area contributed by atoms with Gasteiger partial charge in [0.15, 0.2) is 0 Å². The second-order valence-electron chi connectivity index (χ2n) is 10.4. The number of carbonyl (C=O) groups is 1. The maximum Gasteiger partial charge on any atom is 0.437 e. The molecule has 0 N–H and O–H groups in total. The molecule has 2 aliphatic heterocycles. The van der Waals surface area contributed by atoms with Crippen molar-refractivity contribution in [1.29, 1.82) is 0 Å². The summed E-state index contributed by atoms with van der Waals surface area (Å²) >= 11 is 0. The topological polar surface area (TPSA) is 51.7 Å². The molecule has 5 nitrogen and oxygen atoms in total. The standard InChI is InChI=1S/C33H25BN2O3/c1-33(2)23-11-3-6-15-28(23)36(29-16-7-4-12-24(29)33)22-18-19-26-31(21-22)38-30-17-8-5-13-25(30)34(26)39-32(37)27-14-9-10-20-35-27/h3-21H,1-2H3. The summed E-state index contributed by atoms with van der Waals surface area (Å²) in [6.07, 6.45) is 1.59. The van der Waals surface area contributed by atoms with Gasteiger partial charge in [0.2, 0.25) is 0 Å². The third kappa shape index (κ3) is 3.71. The van der Waals surface area contributed by atoms with Crippen LogP contribution in [0.3, 0.4) is 0 Å². The van der Waals surface area contributed by atoms with E-state index >= 15 is 0 Å². The largest absolute Gasteiger partial charge is 0.521 e. The Morgan fingerprint density at radius 3 is 2.13 bits per heavy atom. The fraction of sp³-hybridized carbons (Fsp3) is 0.0909. The third-order valence-corrected chi connectivity index (χ3v) is 7.69. The predicted molar refractivity (Wildman–Crippen MR) is 154 cm³/mol. The van der Waals surface area contributed by atoms with Crippen molar-refractivity contribution in [2.75, 3.05) is 4.90 Å². The van der Waals surface area contributed by atoms with Gasteiger partial charge in [0.25, 0.3) is 0 Å². The molecule has 0 saturated heterocycles. The molecule has 0 spiro atoms. The monoisotopic (exact) mass is 508 g/mol. The van der Waals surface area contributed by atoms with Gasteiger partial charge in [-0.1, -0.05) is 80.6 Å². The molecule has 0 amide bonds. The van der Waals surface area contributed by atoms with Crippen molar-refractivity contribution in [2.24, 2.45) is 0 Å². The van der Waals surface area contributed by atoms with Gasteiger partial charge in [-0.2, -0.15) is 0 Å². The summed E-state index contributed by atoms with van der Waals surface area (Å²) in [7, 11) is 0. The van der Waals surface area contributed by atoms with E-state index in [-0.39, 0.29) is 11.1 Å². The van der Waals surface area contributed by atoms with Crippen molar-refractivity contribution in [3.8, 4) is 11.5 Å². The molecule has 5 aromatic rings. The summed E-state index contributed by atoms with van der Waals surface area (Å²) in [5, 5.41) is 0. The molecule has 0 aliphatic carbocycles. The molecule has 6 heteroatoms. The average molecular weight is 508 g/mol. The van der Waals surface area contributed by atoms with Crippen LogP contribution >= 0.6 is 0 Å². The molecule has 2 aliphatic rings. The summed E-state index contributed by atoms with van der Waals surface area (Å²) in [6, 6.07) is 36.1. The van der Waals surface area contributed by atoms with Gasteiger partial charge in [-0.3, -0.25) is 0 Å². The van der Waals surface area contributed by atoms with Crippen LogP contribution in [0.1, 0.15) is 35.5 Å². The summed E-state index contributed by atoms with van der Waals surface area (Å²) in [4.78, 5) is 19.5. The Labute approximate surface area is 227 Å². The van der Waals surface area contributed by atoms with Gasteiger partial charge < -0.3 is 14.3 Å². The number of pyridine rings is 1. The normalized spacial score (nSPS) is 14.3. The fourth-order valence-corrected chi connectivity index (χ4v) is 5.77. The number of nitrogens with zero attached hydrogens (tertiary/aromatic N) is 2. The van der Waals surface area contributed by atoms with Crippen LogP contribution in [0.25, 0.3) is 0 Å². The molecule has 0 fully saturated rings. The first-order valence-corrected chi connectivity index (χ1v) is 13.0. The summed E-state index contributed by atoms with van der Waals surface area (Å²) < 4.78 is 12.5. The zero-order valence-electron chi connectivity index (χ0n) is 21.7. The molecular weight excluding hydrogens is 483 g/mol. The van der Waals surface area contributed by atoms with Crippen LogP contribution in [0.2, 0.25) is 0 Å². The number of anilines is 3. The Bertz CT molecular complexity index is 1690. The van der Waals surface area contributed by atoms with Crippen LogP contribution in [0.4, 0.5) is 17.1 Å². The number of aromatic nitrogens is 1. The van der Waals surface area contributed by atoms with Crippen molar-refractivity contribution in [1.82, 2.24) is 4.98 Å². The Morgan fingerprint density at radius 1 is 0.769 bits per heavy atom. The molecule has 0 unspecified atom stereocenters. The third-order valence-electron chi connectivity index (χ3n) is 7.69. The van der Waals surface area contributed by atoms with E-state index in [1.807, 2.05) is 36.4 Å². The molecule has 0 saturated carbocycles. The lowest BCUT2D eigenvalue weighted by molar-refractivity contribution is 0.0732. The van der Waals surface area contributed by atoms with Crippen molar-refractivity contribution in [2.45, 2.75) is 19.3 Å². The highest BCUT2D eigenvalue weighted by Crippen LogP contribution is 2.51. The van der Waals surface area contributed by atoms with Gasteiger partial charge in [0.05, 0.1) is 11.4 Å². The minimum atomic E-state index is -0.617. The van der Waals surface area contributed by atoms with Gasteiger partial charge in [-0.05, 0) is 47.5 Å². The van der Waals surface area contributed by atoms with Crippen LogP contribution < -0.4 is 20.6 Å². The minimum absolute atomic E-state index is 0.141. The zero-order chi connectivity index (χ0) is 26.6. The minimum Gasteiger partial charge on any atom is -0.521 e. The highest BCUT2D eigenvalue weighted by Gasteiger charge is 2.39. The Morgan fingerprint density at radius 2 is 1.41 bits per heavy atom. The van der Waals surface area contributed by atoms with E-state index < -0.39 is 12.9 Å². The zero-order valence-corrected chi connectivity index (χ0v) is 21.7.